The third-order valence-corrected chi connectivity index (χ3v) is 4.69. The summed E-state index contributed by atoms with van der Waals surface area (Å²) in [7, 11) is 0. The van der Waals surface area contributed by atoms with E-state index < -0.39 is 0 Å². The molecule has 2 amide bonds. The number of carbonyl (C=O) groups is 2. The number of pyridine rings is 1. The maximum absolute atomic E-state index is 12.7. The molecular formula is C19H14N6O2S. The molecular weight excluding hydrogens is 376 g/mol. The third kappa shape index (κ3) is 3.79. The molecule has 0 atom stereocenters. The zero-order chi connectivity index (χ0) is 19.3. The van der Waals surface area contributed by atoms with Crippen molar-refractivity contribution >= 4 is 34.5 Å². The van der Waals surface area contributed by atoms with E-state index in [1.807, 2.05) is 5.38 Å². The van der Waals surface area contributed by atoms with Crippen LogP contribution in [0.4, 0.5) is 11.4 Å². The van der Waals surface area contributed by atoms with Gasteiger partial charge in [-0.05, 0) is 35.7 Å². The van der Waals surface area contributed by atoms with Gasteiger partial charge in [-0.3, -0.25) is 9.59 Å². The maximum atomic E-state index is 12.7. The molecule has 138 valence electrons. The number of amides is 2. The van der Waals surface area contributed by atoms with Crippen LogP contribution in [0.25, 0.3) is 5.82 Å². The Morgan fingerprint density at radius 1 is 0.964 bits per heavy atom. The second-order valence-corrected chi connectivity index (χ2v) is 6.62. The number of rotatable bonds is 5. The fourth-order valence-corrected chi connectivity index (χ4v) is 3.12. The Kier molecular flexibility index (Phi) is 4.89. The van der Waals surface area contributed by atoms with Gasteiger partial charge in [0, 0.05) is 0 Å². The minimum atomic E-state index is -0.350. The molecule has 0 unspecified atom stereocenters. The monoisotopic (exact) mass is 390 g/mol. The first-order chi connectivity index (χ1) is 13.7. The number of carbonyl (C=O) groups excluding carboxylic acids is 2. The summed E-state index contributed by atoms with van der Waals surface area (Å²) in [5.41, 5.74) is 1.31. The molecule has 3 heterocycles. The summed E-state index contributed by atoms with van der Waals surface area (Å²) < 4.78 is 1.51. The van der Waals surface area contributed by atoms with Crippen LogP contribution in [0.2, 0.25) is 0 Å². The van der Waals surface area contributed by atoms with Crippen molar-refractivity contribution in [1.82, 2.24) is 19.7 Å². The van der Waals surface area contributed by atoms with Gasteiger partial charge in [0.25, 0.3) is 11.8 Å². The molecule has 1 aromatic carbocycles. The smallest absolute Gasteiger partial charge is 0.265 e. The van der Waals surface area contributed by atoms with E-state index in [0.29, 0.717) is 27.6 Å². The van der Waals surface area contributed by atoms with E-state index in [9.17, 15) is 9.59 Å². The minimum absolute atomic E-state index is 0.255. The first-order valence-electron chi connectivity index (χ1n) is 8.27. The van der Waals surface area contributed by atoms with Crippen LogP contribution in [-0.2, 0) is 0 Å². The van der Waals surface area contributed by atoms with Crippen molar-refractivity contribution in [2.24, 2.45) is 0 Å². The predicted molar refractivity (Wildman–Crippen MR) is 106 cm³/mol. The first kappa shape index (κ1) is 17.6. The van der Waals surface area contributed by atoms with Gasteiger partial charge in [-0.2, -0.15) is 5.10 Å². The largest absolute Gasteiger partial charge is 0.321 e. The van der Waals surface area contributed by atoms with Gasteiger partial charge in [0.05, 0.1) is 28.0 Å². The predicted octanol–water partition coefficient (Wildman–Crippen LogP) is 3.23. The Bertz CT molecular complexity index is 1090. The average Bonchev–Trinajstić information content (AvgIpc) is 3.43. The number of nitrogens with zero attached hydrogens (tertiary/aromatic N) is 4. The summed E-state index contributed by atoms with van der Waals surface area (Å²) in [6.07, 6.45) is 4.48. The van der Waals surface area contributed by atoms with E-state index in [1.165, 1.54) is 34.9 Å². The standard InChI is InChI=1S/C19H14N6O2S/c26-18(23-13-7-8-17(21-10-13)25-12-20-11-22-25)14-4-1-2-5-15(14)24-19(27)16-6-3-9-28-16/h1-12H,(H,23,26)(H,24,27). The van der Waals surface area contributed by atoms with Gasteiger partial charge in [-0.15, -0.1) is 11.3 Å². The summed E-state index contributed by atoms with van der Waals surface area (Å²) in [4.78, 5) is 33.7. The summed E-state index contributed by atoms with van der Waals surface area (Å²) in [5, 5.41) is 11.4. The fourth-order valence-electron chi connectivity index (χ4n) is 2.50. The third-order valence-electron chi connectivity index (χ3n) is 3.82. The lowest BCUT2D eigenvalue weighted by Gasteiger charge is -2.11. The van der Waals surface area contributed by atoms with Gasteiger partial charge in [-0.1, -0.05) is 18.2 Å². The van der Waals surface area contributed by atoms with Crippen LogP contribution in [-0.4, -0.2) is 31.6 Å². The quantitative estimate of drug-likeness (QED) is 0.545. The number of aromatic nitrogens is 4. The van der Waals surface area contributed by atoms with E-state index in [0.717, 1.165) is 0 Å². The topological polar surface area (TPSA) is 102 Å². The van der Waals surface area contributed by atoms with Crippen LogP contribution in [0, 0.1) is 0 Å². The van der Waals surface area contributed by atoms with Gasteiger partial charge in [-0.25, -0.2) is 14.6 Å². The Balaban J connectivity index is 1.50. The number of nitrogens with one attached hydrogen (secondary N) is 2. The van der Waals surface area contributed by atoms with Gasteiger partial charge < -0.3 is 10.6 Å². The number of hydrogen-bond acceptors (Lipinski definition) is 6. The zero-order valence-corrected chi connectivity index (χ0v) is 15.3. The normalized spacial score (nSPS) is 10.4. The number of hydrogen-bond donors (Lipinski definition) is 2. The van der Waals surface area contributed by atoms with E-state index >= 15 is 0 Å². The molecule has 0 aliphatic carbocycles. The van der Waals surface area contributed by atoms with E-state index in [4.69, 9.17) is 0 Å². The second kappa shape index (κ2) is 7.80. The van der Waals surface area contributed by atoms with Crippen molar-refractivity contribution in [3.63, 3.8) is 0 Å². The fraction of sp³-hybridized carbons (Fsp3) is 0. The summed E-state index contributed by atoms with van der Waals surface area (Å²) in [6.45, 7) is 0. The molecule has 4 rings (SSSR count). The van der Waals surface area contributed by atoms with Crippen LogP contribution >= 0.6 is 11.3 Å². The highest BCUT2D eigenvalue weighted by Gasteiger charge is 2.15. The zero-order valence-electron chi connectivity index (χ0n) is 14.4. The molecule has 9 heteroatoms. The van der Waals surface area contributed by atoms with Crippen LogP contribution in [0.15, 0.2) is 72.8 Å². The molecule has 0 saturated carbocycles. The van der Waals surface area contributed by atoms with Gasteiger partial charge in [0.15, 0.2) is 5.82 Å². The van der Waals surface area contributed by atoms with E-state index in [2.05, 4.69) is 25.7 Å². The molecule has 0 aliphatic heterocycles. The molecule has 3 aromatic heterocycles. The van der Waals surface area contributed by atoms with Crippen molar-refractivity contribution in [3.8, 4) is 5.82 Å². The average molecular weight is 390 g/mol. The molecule has 0 bridgehead atoms. The molecule has 4 aromatic rings. The van der Waals surface area contributed by atoms with Crippen LogP contribution in [0.5, 0.6) is 0 Å². The van der Waals surface area contributed by atoms with Gasteiger partial charge in [0.2, 0.25) is 0 Å². The highest BCUT2D eigenvalue weighted by molar-refractivity contribution is 7.12. The van der Waals surface area contributed by atoms with Gasteiger partial charge >= 0.3 is 0 Å². The molecule has 2 N–H and O–H groups in total. The molecule has 0 saturated heterocycles. The van der Waals surface area contributed by atoms with Crippen molar-refractivity contribution in [3.05, 3.63) is 83.2 Å². The number of thiophene rings is 1. The van der Waals surface area contributed by atoms with Gasteiger partial charge in [0.1, 0.15) is 12.7 Å². The maximum Gasteiger partial charge on any atom is 0.265 e. The lowest BCUT2D eigenvalue weighted by Crippen LogP contribution is -2.17. The molecule has 28 heavy (non-hydrogen) atoms. The Labute approximate surface area is 163 Å². The molecule has 0 spiro atoms. The number of para-hydroxylation sites is 1. The van der Waals surface area contributed by atoms with Crippen molar-refractivity contribution < 1.29 is 9.59 Å². The second-order valence-electron chi connectivity index (χ2n) is 5.68. The first-order valence-corrected chi connectivity index (χ1v) is 9.15. The molecule has 0 radical (unpaired) electrons. The SMILES string of the molecule is O=C(Nc1ccccc1C(=O)Nc1ccc(-n2cncn2)nc1)c1cccs1. The van der Waals surface area contributed by atoms with Crippen LogP contribution < -0.4 is 10.6 Å². The summed E-state index contributed by atoms with van der Waals surface area (Å²) in [6, 6.07) is 13.8. The molecule has 0 fully saturated rings. The molecule has 0 aliphatic rings. The summed E-state index contributed by atoms with van der Waals surface area (Å²) in [5.74, 6) is -0.0226. The van der Waals surface area contributed by atoms with Crippen molar-refractivity contribution in [2.45, 2.75) is 0 Å². The summed E-state index contributed by atoms with van der Waals surface area (Å²) >= 11 is 1.33. The van der Waals surface area contributed by atoms with Crippen LogP contribution in [0.3, 0.4) is 0 Å². The Hall–Kier alpha value is -3.85. The number of benzene rings is 1. The van der Waals surface area contributed by atoms with E-state index in [-0.39, 0.29) is 11.8 Å². The van der Waals surface area contributed by atoms with Crippen molar-refractivity contribution in [2.75, 3.05) is 10.6 Å². The Morgan fingerprint density at radius 3 is 2.57 bits per heavy atom. The number of anilines is 2. The minimum Gasteiger partial charge on any atom is -0.321 e. The van der Waals surface area contributed by atoms with Crippen molar-refractivity contribution in [1.29, 1.82) is 0 Å². The molecule has 8 nitrogen and oxygen atoms in total. The lowest BCUT2D eigenvalue weighted by atomic mass is 10.1. The highest BCUT2D eigenvalue weighted by Crippen LogP contribution is 2.19. The Morgan fingerprint density at radius 2 is 1.86 bits per heavy atom. The lowest BCUT2D eigenvalue weighted by molar-refractivity contribution is 0.102. The highest BCUT2D eigenvalue weighted by atomic mass is 32.1. The van der Waals surface area contributed by atoms with Crippen LogP contribution in [0.1, 0.15) is 20.0 Å². The van der Waals surface area contributed by atoms with E-state index in [1.54, 1.807) is 48.5 Å².